The lowest BCUT2D eigenvalue weighted by Crippen LogP contribution is -2.05. The normalized spacial score (nSPS) is 11.5. The first kappa shape index (κ1) is 15.5. The minimum absolute atomic E-state index is 0.176. The van der Waals surface area contributed by atoms with E-state index in [1.54, 1.807) is 19.9 Å². The molecule has 0 aliphatic rings. The van der Waals surface area contributed by atoms with Crippen LogP contribution in [0.3, 0.4) is 0 Å². The second-order valence-electron chi connectivity index (χ2n) is 5.11. The average molecular weight is 306 g/mol. The van der Waals surface area contributed by atoms with Crippen LogP contribution in [0.1, 0.15) is 22.3 Å². The van der Waals surface area contributed by atoms with Gasteiger partial charge in [-0.25, -0.2) is 0 Å². The van der Waals surface area contributed by atoms with E-state index >= 15 is 0 Å². The van der Waals surface area contributed by atoms with Crippen LogP contribution in [0.2, 0.25) is 0 Å². The van der Waals surface area contributed by atoms with Crippen LogP contribution in [0.15, 0.2) is 35.2 Å². The molecule has 0 fully saturated rings. The Morgan fingerprint density at radius 2 is 1.57 bits per heavy atom. The van der Waals surface area contributed by atoms with E-state index in [1.807, 2.05) is 32.0 Å². The summed E-state index contributed by atoms with van der Waals surface area (Å²) in [6.07, 6.45) is 0. The van der Waals surface area contributed by atoms with Crippen molar-refractivity contribution in [2.24, 2.45) is 0 Å². The van der Waals surface area contributed by atoms with Crippen LogP contribution in [-0.2, 0) is 10.1 Å². The summed E-state index contributed by atoms with van der Waals surface area (Å²) in [4.78, 5) is -0.202. The summed E-state index contributed by atoms with van der Waals surface area (Å²) in [6, 6.07) is 8.76. The van der Waals surface area contributed by atoms with Gasteiger partial charge in [0.2, 0.25) is 0 Å². The maximum atomic E-state index is 11.6. The van der Waals surface area contributed by atoms with E-state index in [4.69, 9.17) is 4.74 Å². The summed E-state index contributed by atoms with van der Waals surface area (Å²) in [5, 5.41) is 0. The van der Waals surface area contributed by atoms with Crippen molar-refractivity contribution in [3.05, 3.63) is 52.6 Å². The van der Waals surface area contributed by atoms with Gasteiger partial charge in [0.05, 0.1) is 0 Å². The van der Waals surface area contributed by atoms with E-state index in [1.165, 1.54) is 6.07 Å². The van der Waals surface area contributed by atoms with E-state index in [0.717, 1.165) is 16.7 Å². The lowest BCUT2D eigenvalue weighted by Gasteiger charge is -2.17. The molecule has 0 saturated carbocycles. The number of rotatable bonds is 3. The number of aryl methyl sites for hydroxylation is 2. The number of hydrogen-bond donors (Lipinski definition) is 1. The third-order valence-corrected chi connectivity index (χ3v) is 4.51. The van der Waals surface area contributed by atoms with Gasteiger partial charge in [0.15, 0.2) is 5.75 Å². The molecule has 0 bridgehead atoms. The van der Waals surface area contributed by atoms with Gasteiger partial charge in [-0.15, -0.1) is 0 Å². The molecule has 2 rings (SSSR count). The van der Waals surface area contributed by atoms with E-state index < -0.39 is 10.1 Å². The van der Waals surface area contributed by atoms with Crippen LogP contribution in [0.5, 0.6) is 11.5 Å². The summed E-state index contributed by atoms with van der Waals surface area (Å²) in [5.41, 5.74) is 3.31. The summed E-state index contributed by atoms with van der Waals surface area (Å²) in [5.74, 6) is 0.739. The first-order valence-electron chi connectivity index (χ1n) is 6.53. The second kappa shape index (κ2) is 5.50. The molecule has 0 aliphatic heterocycles. The minimum atomic E-state index is -4.35. The van der Waals surface area contributed by atoms with E-state index in [9.17, 15) is 13.0 Å². The van der Waals surface area contributed by atoms with Crippen molar-refractivity contribution < 1.29 is 17.7 Å². The Balaban J connectivity index is 2.68. The van der Waals surface area contributed by atoms with Crippen molar-refractivity contribution in [1.29, 1.82) is 0 Å². The molecule has 2 aromatic rings. The molecular weight excluding hydrogens is 288 g/mol. The summed E-state index contributed by atoms with van der Waals surface area (Å²) in [6.45, 7) is 7.35. The first-order valence-corrected chi connectivity index (χ1v) is 7.97. The Morgan fingerprint density at radius 3 is 2.14 bits per heavy atom. The van der Waals surface area contributed by atoms with Gasteiger partial charge in [-0.05, 0) is 62.1 Å². The third-order valence-electron chi connectivity index (χ3n) is 3.65. The van der Waals surface area contributed by atoms with Crippen molar-refractivity contribution in [3.63, 3.8) is 0 Å². The molecule has 0 aliphatic carbocycles. The molecule has 4 nitrogen and oxygen atoms in total. The largest absolute Gasteiger partial charge is 0.455 e. The van der Waals surface area contributed by atoms with Crippen molar-refractivity contribution in [2.75, 3.05) is 0 Å². The summed E-state index contributed by atoms with van der Waals surface area (Å²) < 4.78 is 38.5. The minimum Gasteiger partial charge on any atom is -0.455 e. The fourth-order valence-electron chi connectivity index (χ4n) is 2.12. The van der Waals surface area contributed by atoms with Crippen molar-refractivity contribution in [1.82, 2.24) is 0 Å². The maximum Gasteiger partial charge on any atom is 0.298 e. The van der Waals surface area contributed by atoms with E-state index in [2.05, 4.69) is 0 Å². The van der Waals surface area contributed by atoms with Crippen LogP contribution in [0.25, 0.3) is 0 Å². The lowest BCUT2D eigenvalue weighted by atomic mass is 10.0. The fraction of sp³-hybridized carbons (Fsp3) is 0.250. The molecule has 0 atom stereocenters. The molecule has 21 heavy (non-hydrogen) atoms. The highest BCUT2D eigenvalue weighted by Gasteiger charge is 2.22. The SMILES string of the molecule is Cc1ccccc1Oc1c(S(=O)(=O)O)cc(C)c(C)c1C. The number of para-hydroxylation sites is 1. The topological polar surface area (TPSA) is 63.6 Å². The zero-order valence-electron chi connectivity index (χ0n) is 12.5. The standard InChI is InChI=1S/C16H18O4S/c1-10-7-5-6-8-14(10)20-16-13(4)12(3)11(2)9-15(16)21(17,18)19/h5-9H,1-4H3,(H,17,18,19). The van der Waals surface area contributed by atoms with Crippen molar-refractivity contribution in [2.45, 2.75) is 32.6 Å². The van der Waals surface area contributed by atoms with Crippen LogP contribution < -0.4 is 4.74 Å². The Hall–Kier alpha value is -1.85. The number of benzene rings is 2. The zero-order valence-corrected chi connectivity index (χ0v) is 13.3. The highest BCUT2D eigenvalue weighted by Crippen LogP contribution is 2.36. The van der Waals surface area contributed by atoms with Gasteiger partial charge in [-0.3, -0.25) is 4.55 Å². The Kier molecular flexibility index (Phi) is 4.07. The fourth-order valence-corrected chi connectivity index (χ4v) is 2.88. The molecule has 0 heterocycles. The second-order valence-corrected chi connectivity index (χ2v) is 6.50. The molecule has 112 valence electrons. The zero-order chi connectivity index (χ0) is 15.8. The molecule has 0 amide bonds. The molecule has 0 saturated heterocycles. The van der Waals surface area contributed by atoms with Gasteiger partial charge in [0, 0.05) is 0 Å². The quantitative estimate of drug-likeness (QED) is 0.872. The van der Waals surface area contributed by atoms with Gasteiger partial charge in [-0.2, -0.15) is 8.42 Å². The van der Waals surface area contributed by atoms with Crippen LogP contribution in [-0.4, -0.2) is 13.0 Å². The van der Waals surface area contributed by atoms with Crippen LogP contribution >= 0.6 is 0 Å². The van der Waals surface area contributed by atoms with Crippen LogP contribution in [0.4, 0.5) is 0 Å². The Morgan fingerprint density at radius 1 is 0.952 bits per heavy atom. The van der Waals surface area contributed by atoms with Crippen molar-refractivity contribution >= 4 is 10.1 Å². The predicted octanol–water partition coefficient (Wildman–Crippen LogP) is 3.96. The molecule has 5 heteroatoms. The first-order chi connectivity index (χ1) is 9.71. The molecule has 0 radical (unpaired) electrons. The Labute approximate surface area is 125 Å². The lowest BCUT2D eigenvalue weighted by molar-refractivity contribution is 0.444. The third kappa shape index (κ3) is 3.09. The maximum absolute atomic E-state index is 11.6. The smallest absolute Gasteiger partial charge is 0.298 e. The molecular formula is C16H18O4S. The van der Waals surface area contributed by atoms with Gasteiger partial charge in [0.1, 0.15) is 10.6 Å². The van der Waals surface area contributed by atoms with Crippen molar-refractivity contribution in [3.8, 4) is 11.5 Å². The predicted molar refractivity (Wildman–Crippen MR) is 81.7 cm³/mol. The Bertz CT molecular complexity index is 792. The van der Waals surface area contributed by atoms with Crippen LogP contribution in [0, 0.1) is 27.7 Å². The number of hydrogen-bond acceptors (Lipinski definition) is 3. The molecule has 0 aromatic heterocycles. The molecule has 0 unspecified atom stereocenters. The van der Waals surface area contributed by atoms with Gasteiger partial charge in [-0.1, -0.05) is 18.2 Å². The van der Waals surface area contributed by atoms with Gasteiger partial charge >= 0.3 is 0 Å². The summed E-state index contributed by atoms with van der Waals surface area (Å²) in [7, 11) is -4.35. The average Bonchev–Trinajstić information content (AvgIpc) is 2.40. The van der Waals surface area contributed by atoms with E-state index in [0.29, 0.717) is 11.3 Å². The van der Waals surface area contributed by atoms with Gasteiger partial charge < -0.3 is 4.74 Å². The van der Waals surface area contributed by atoms with E-state index in [-0.39, 0.29) is 10.6 Å². The highest BCUT2D eigenvalue weighted by atomic mass is 32.2. The number of ether oxygens (including phenoxy) is 1. The molecule has 0 spiro atoms. The highest BCUT2D eigenvalue weighted by molar-refractivity contribution is 7.86. The molecule has 2 aromatic carbocycles. The van der Waals surface area contributed by atoms with Gasteiger partial charge in [0.25, 0.3) is 10.1 Å². The molecule has 1 N–H and O–H groups in total. The summed E-state index contributed by atoms with van der Waals surface area (Å²) >= 11 is 0. The monoisotopic (exact) mass is 306 g/mol.